The number of nitro benzene ring substituents is 1. The number of esters is 1. The van der Waals surface area contributed by atoms with Crippen LogP contribution in [0.25, 0.3) is 6.08 Å². The number of hydrogen-bond donors (Lipinski definition) is 0. The van der Waals surface area contributed by atoms with Crippen molar-refractivity contribution in [3.63, 3.8) is 0 Å². The maximum Gasteiger partial charge on any atom is 0.363 e. The summed E-state index contributed by atoms with van der Waals surface area (Å²) in [6, 6.07) is 7.11. The van der Waals surface area contributed by atoms with E-state index >= 15 is 0 Å². The van der Waals surface area contributed by atoms with Crippen molar-refractivity contribution in [3.05, 3.63) is 68.8 Å². The van der Waals surface area contributed by atoms with E-state index in [1.165, 1.54) is 30.5 Å². The molecule has 2 heterocycles. The number of halogens is 1. The number of carbonyl (C=O) groups excluding carboxylic acids is 1. The summed E-state index contributed by atoms with van der Waals surface area (Å²) in [7, 11) is 0. The summed E-state index contributed by atoms with van der Waals surface area (Å²) in [6.45, 7) is 0. The Hall–Kier alpha value is -2.93. The third-order valence-corrected chi connectivity index (χ3v) is 3.16. The lowest BCUT2D eigenvalue weighted by atomic mass is 10.2. The molecule has 0 spiro atoms. The highest BCUT2D eigenvalue weighted by atomic mass is 35.5. The molecule has 0 fully saturated rings. The highest BCUT2D eigenvalue weighted by Gasteiger charge is 2.27. The Balaban J connectivity index is 2.01. The first-order chi connectivity index (χ1) is 10.5. The minimum Gasteiger partial charge on any atom is -0.465 e. The molecular formula is C14H7ClN2O5. The van der Waals surface area contributed by atoms with Gasteiger partial charge in [-0.2, -0.15) is 0 Å². The molecular weight excluding hydrogens is 312 g/mol. The summed E-state index contributed by atoms with van der Waals surface area (Å²) in [5.41, 5.74) is 0.0150. The molecule has 0 aliphatic carbocycles. The van der Waals surface area contributed by atoms with Crippen LogP contribution in [0.5, 0.6) is 0 Å². The molecule has 1 aliphatic rings. The van der Waals surface area contributed by atoms with Crippen LogP contribution in [-0.4, -0.2) is 16.8 Å². The summed E-state index contributed by atoms with van der Waals surface area (Å²) >= 11 is 5.99. The van der Waals surface area contributed by atoms with Gasteiger partial charge in [0.05, 0.1) is 21.8 Å². The zero-order valence-corrected chi connectivity index (χ0v) is 11.6. The van der Waals surface area contributed by atoms with Gasteiger partial charge in [-0.3, -0.25) is 10.1 Å². The van der Waals surface area contributed by atoms with Crippen LogP contribution >= 0.6 is 11.6 Å². The van der Waals surface area contributed by atoms with Gasteiger partial charge in [0.2, 0.25) is 5.90 Å². The molecule has 3 rings (SSSR count). The van der Waals surface area contributed by atoms with Crippen LogP contribution < -0.4 is 0 Å². The molecule has 1 aliphatic heterocycles. The van der Waals surface area contributed by atoms with Gasteiger partial charge in [-0.25, -0.2) is 9.79 Å². The molecule has 0 saturated carbocycles. The number of nitrogens with zero attached hydrogens (tertiary/aromatic N) is 2. The largest absolute Gasteiger partial charge is 0.465 e. The van der Waals surface area contributed by atoms with E-state index < -0.39 is 10.9 Å². The maximum atomic E-state index is 11.8. The van der Waals surface area contributed by atoms with E-state index in [4.69, 9.17) is 20.8 Å². The van der Waals surface area contributed by atoms with E-state index in [2.05, 4.69) is 4.99 Å². The third-order valence-electron chi connectivity index (χ3n) is 2.83. The van der Waals surface area contributed by atoms with Crippen molar-refractivity contribution in [3.8, 4) is 0 Å². The molecule has 8 heteroatoms. The summed E-state index contributed by atoms with van der Waals surface area (Å²) in [6.07, 6.45) is 2.86. The van der Waals surface area contributed by atoms with Gasteiger partial charge in [0.1, 0.15) is 5.76 Å². The lowest BCUT2D eigenvalue weighted by Crippen LogP contribution is -2.06. The number of furan rings is 1. The summed E-state index contributed by atoms with van der Waals surface area (Å²) in [5, 5.41) is 11.0. The first-order valence-corrected chi connectivity index (χ1v) is 6.43. The summed E-state index contributed by atoms with van der Waals surface area (Å²) < 4.78 is 10.1. The monoisotopic (exact) mass is 318 g/mol. The van der Waals surface area contributed by atoms with Crippen LogP contribution in [0, 0.1) is 10.1 Å². The summed E-state index contributed by atoms with van der Waals surface area (Å²) in [4.78, 5) is 26.0. The Morgan fingerprint density at radius 3 is 2.82 bits per heavy atom. The van der Waals surface area contributed by atoms with Crippen molar-refractivity contribution in [1.82, 2.24) is 0 Å². The second-order valence-corrected chi connectivity index (χ2v) is 4.68. The number of nitro groups is 1. The molecule has 2 aromatic rings. The predicted molar refractivity (Wildman–Crippen MR) is 77.4 cm³/mol. The molecule has 0 unspecified atom stereocenters. The quantitative estimate of drug-likeness (QED) is 0.375. The first-order valence-electron chi connectivity index (χ1n) is 6.05. The van der Waals surface area contributed by atoms with E-state index in [0.29, 0.717) is 5.76 Å². The zero-order chi connectivity index (χ0) is 15.7. The number of rotatable bonds is 3. The van der Waals surface area contributed by atoms with Crippen molar-refractivity contribution >= 4 is 35.2 Å². The average Bonchev–Trinajstić information content (AvgIpc) is 3.10. The second kappa shape index (κ2) is 5.45. The number of cyclic esters (lactones) is 1. The van der Waals surface area contributed by atoms with Gasteiger partial charge < -0.3 is 9.15 Å². The standard InChI is InChI=1S/C14H7ClN2O5/c15-11-4-3-8(17(19)20)6-10(11)13-16-12(14(18)22-13)7-9-2-1-5-21-9/h1-7H/b12-7-. The van der Waals surface area contributed by atoms with Crippen LogP contribution in [-0.2, 0) is 9.53 Å². The highest BCUT2D eigenvalue weighted by molar-refractivity contribution is 6.34. The van der Waals surface area contributed by atoms with Crippen LogP contribution in [0.15, 0.2) is 51.7 Å². The van der Waals surface area contributed by atoms with Gasteiger partial charge in [0.25, 0.3) is 5.69 Å². The van der Waals surface area contributed by atoms with Gasteiger partial charge in [-0.15, -0.1) is 0 Å². The fourth-order valence-corrected chi connectivity index (χ4v) is 2.02. The Kier molecular flexibility index (Phi) is 3.48. The Bertz CT molecular complexity index is 824. The number of hydrogen-bond acceptors (Lipinski definition) is 6. The van der Waals surface area contributed by atoms with E-state index in [-0.39, 0.29) is 27.9 Å². The second-order valence-electron chi connectivity index (χ2n) is 4.27. The average molecular weight is 319 g/mol. The SMILES string of the molecule is O=C1OC(c2cc([N+](=O)[O-])ccc2Cl)=N/C1=C\c1ccco1. The van der Waals surface area contributed by atoms with Gasteiger partial charge in [0.15, 0.2) is 5.70 Å². The molecule has 0 saturated heterocycles. The van der Waals surface area contributed by atoms with Crippen molar-refractivity contribution in [2.24, 2.45) is 4.99 Å². The molecule has 1 aromatic heterocycles. The molecule has 0 amide bonds. The molecule has 110 valence electrons. The van der Waals surface area contributed by atoms with Crippen molar-refractivity contribution in [1.29, 1.82) is 0 Å². The lowest BCUT2D eigenvalue weighted by Gasteiger charge is -2.02. The van der Waals surface area contributed by atoms with E-state index in [0.717, 1.165) is 0 Å². The fraction of sp³-hybridized carbons (Fsp3) is 0. The minimum atomic E-state index is -0.686. The molecule has 7 nitrogen and oxygen atoms in total. The number of ether oxygens (including phenoxy) is 1. The number of benzene rings is 1. The smallest absolute Gasteiger partial charge is 0.363 e. The van der Waals surface area contributed by atoms with Gasteiger partial charge >= 0.3 is 5.97 Å². The lowest BCUT2D eigenvalue weighted by molar-refractivity contribution is -0.384. The number of carbonyl (C=O) groups is 1. The zero-order valence-electron chi connectivity index (χ0n) is 10.9. The van der Waals surface area contributed by atoms with Crippen molar-refractivity contribution in [2.75, 3.05) is 0 Å². The molecule has 0 atom stereocenters. The van der Waals surface area contributed by atoms with E-state index in [1.807, 2.05) is 0 Å². The van der Waals surface area contributed by atoms with Crippen LogP contribution in [0.2, 0.25) is 5.02 Å². The number of aliphatic imine (C=N–C) groups is 1. The third kappa shape index (κ3) is 2.61. The van der Waals surface area contributed by atoms with Gasteiger partial charge in [-0.05, 0) is 18.2 Å². The van der Waals surface area contributed by atoms with Gasteiger partial charge in [0, 0.05) is 18.2 Å². The Labute approximate surface area is 128 Å². The van der Waals surface area contributed by atoms with Crippen molar-refractivity contribution < 1.29 is 18.9 Å². The Morgan fingerprint density at radius 2 is 2.14 bits per heavy atom. The summed E-state index contributed by atoms with van der Waals surface area (Å²) in [5.74, 6) is -0.340. The van der Waals surface area contributed by atoms with Crippen LogP contribution in [0.1, 0.15) is 11.3 Å². The van der Waals surface area contributed by atoms with Crippen molar-refractivity contribution in [2.45, 2.75) is 0 Å². The molecule has 1 aromatic carbocycles. The Morgan fingerprint density at radius 1 is 1.32 bits per heavy atom. The minimum absolute atomic E-state index is 0.0209. The highest BCUT2D eigenvalue weighted by Crippen LogP contribution is 2.27. The van der Waals surface area contributed by atoms with Gasteiger partial charge in [-0.1, -0.05) is 11.6 Å². The van der Waals surface area contributed by atoms with Crippen LogP contribution in [0.4, 0.5) is 5.69 Å². The molecule has 0 radical (unpaired) electrons. The van der Waals surface area contributed by atoms with E-state index in [1.54, 1.807) is 12.1 Å². The van der Waals surface area contributed by atoms with E-state index in [9.17, 15) is 14.9 Å². The predicted octanol–water partition coefficient (Wildman–Crippen LogP) is 3.19. The topological polar surface area (TPSA) is 94.9 Å². The van der Waals surface area contributed by atoms with Crippen LogP contribution in [0.3, 0.4) is 0 Å². The molecule has 22 heavy (non-hydrogen) atoms. The first kappa shape index (κ1) is 14.0. The molecule has 0 N–H and O–H groups in total. The molecule has 0 bridgehead atoms. The maximum absolute atomic E-state index is 11.8. The fourth-order valence-electron chi connectivity index (χ4n) is 1.82. The normalized spacial score (nSPS) is 15.8. The number of non-ortho nitro benzene ring substituents is 1.